The molecular weight excluding hydrogens is 314 g/mol. The fraction of sp³-hybridized carbons (Fsp3) is 0.300. The molecule has 3 aromatic rings. The fourth-order valence-corrected chi connectivity index (χ4v) is 3.72. The van der Waals surface area contributed by atoms with E-state index >= 15 is 0 Å². The minimum atomic E-state index is -0.980. The second kappa shape index (κ2) is 6.33. The Morgan fingerprint density at radius 2 is 2.16 bits per heavy atom. The van der Waals surface area contributed by atoms with Crippen LogP contribution in [0.5, 0.6) is 0 Å². The normalized spacial score (nSPS) is 19.6. The number of H-pyrrole nitrogens is 1. The Labute approximate surface area is 146 Å². The van der Waals surface area contributed by atoms with Gasteiger partial charge in [-0.15, -0.1) is 0 Å². The first-order valence-corrected chi connectivity index (χ1v) is 8.64. The van der Waals surface area contributed by atoms with Gasteiger partial charge >= 0.3 is 0 Å². The number of aliphatic hydroxyl groups is 1. The number of rotatable bonds is 4. The predicted molar refractivity (Wildman–Crippen MR) is 96.1 cm³/mol. The number of hydrogen-bond donors (Lipinski definition) is 3. The van der Waals surface area contributed by atoms with Crippen LogP contribution in [0.3, 0.4) is 0 Å². The largest absolute Gasteiger partial charge is 0.383 e. The highest BCUT2D eigenvalue weighted by atomic mass is 16.3. The van der Waals surface area contributed by atoms with E-state index in [0.717, 1.165) is 35.0 Å². The number of nitrogens with zero attached hydrogens (tertiary/aromatic N) is 1. The van der Waals surface area contributed by atoms with Crippen LogP contribution in [0.2, 0.25) is 0 Å². The van der Waals surface area contributed by atoms with Crippen molar-refractivity contribution in [2.75, 3.05) is 6.54 Å². The van der Waals surface area contributed by atoms with E-state index in [1.165, 1.54) is 5.56 Å². The van der Waals surface area contributed by atoms with Crippen LogP contribution in [0, 0.1) is 0 Å². The SMILES string of the molecule is O=C(Cc1c[nH]c2ncccc12)NCC1(O)CCCc2ccccc21. The number of carbonyl (C=O) groups is 1. The summed E-state index contributed by atoms with van der Waals surface area (Å²) in [5.41, 5.74) is 2.83. The van der Waals surface area contributed by atoms with Gasteiger partial charge in [-0.1, -0.05) is 24.3 Å². The first-order valence-electron chi connectivity index (χ1n) is 8.64. The van der Waals surface area contributed by atoms with Crippen molar-refractivity contribution >= 4 is 16.9 Å². The molecule has 1 aromatic carbocycles. The molecule has 2 heterocycles. The molecule has 0 bridgehead atoms. The lowest BCUT2D eigenvalue weighted by Gasteiger charge is -2.34. The second-order valence-electron chi connectivity index (χ2n) is 6.71. The van der Waals surface area contributed by atoms with Crippen LogP contribution in [0.25, 0.3) is 11.0 Å². The summed E-state index contributed by atoms with van der Waals surface area (Å²) in [4.78, 5) is 19.7. The highest BCUT2D eigenvalue weighted by Crippen LogP contribution is 2.34. The summed E-state index contributed by atoms with van der Waals surface area (Å²) in [5, 5.41) is 14.9. The number of aromatic nitrogens is 2. The van der Waals surface area contributed by atoms with Crippen LogP contribution in [-0.4, -0.2) is 27.5 Å². The van der Waals surface area contributed by atoms with Crippen molar-refractivity contribution in [3.05, 3.63) is 65.5 Å². The van der Waals surface area contributed by atoms with Crippen molar-refractivity contribution < 1.29 is 9.90 Å². The topological polar surface area (TPSA) is 78.0 Å². The van der Waals surface area contributed by atoms with Crippen molar-refractivity contribution in [2.24, 2.45) is 0 Å². The number of hydrogen-bond acceptors (Lipinski definition) is 3. The number of amides is 1. The van der Waals surface area contributed by atoms with Gasteiger partial charge in [-0.25, -0.2) is 4.98 Å². The molecule has 2 aromatic heterocycles. The van der Waals surface area contributed by atoms with Crippen molar-refractivity contribution in [1.82, 2.24) is 15.3 Å². The fourth-order valence-electron chi connectivity index (χ4n) is 3.72. The van der Waals surface area contributed by atoms with E-state index in [1.54, 1.807) is 6.20 Å². The summed E-state index contributed by atoms with van der Waals surface area (Å²) in [6.45, 7) is 0.240. The van der Waals surface area contributed by atoms with Gasteiger partial charge in [-0.3, -0.25) is 4.79 Å². The average molecular weight is 335 g/mol. The number of carbonyl (C=O) groups excluding carboxylic acids is 1. The lowest BCUT2D eigenvalue weighted by molar-refractivity contribution is -0.122. The Bertz CT molecular complexity index is 918. The molecule has 0 spiro atoms. The van der Waals surface area contributed by atoms with Gasteiger partial charge in [0.05, 0.1) is 13.0 Å². The third-order valence-electron chi connectivity index (χ3n) is 5.02. The van der Waals surface area contributed by atoms with E-state index in [2.05, 4.69) is 21.4 Å². The Morgan fingerprint density at radius 1 is 1.28 bits per heavy atom. The van der Waals surface area contributed by atoms with E-state index < -0.39 is 5.60 Å². The molecule has 25 heavy (non-hydrogen) atoms. The maximum absolute atomic E-state index is 12.4. The molecule has 1 unspecified atom stereocenters. The quantitative estimate of drug-likeness (QED) is 0.685. The molecule has 1 aliphatic rings. The molecule has 4 rings (SSSR count). The van der Waals surface area contributed by atoms with Gasteiger partial charge in [0.1, 0.15) is 11.2 Å². The van der Waals surface area contributed by atoms with Crippen LogP contribution in [0.4, 0.5) is 0 Å². The lowest BCUT2D eigenvalue weighted by Crippen LogP contribution is -2.43. The zero-order valence-electron chi connectivity index (χ0n) is 14.0. The molecular formula is C20H21N3O2. The minimum absolute atomic E-state index is 0.0961. The van der Waals surface area contributed by atoms with E-state index in [-0.39, 0.29) is 18.9 Å². The summed E-state index contributed by atoms with van der Waals surface area (Å²) < 4.78 is 0. The summed E-state index contributed by atoms with van der Waals surface area (Å²) in [6.07, 6.45) is 6.39. The highest BCUT2D eigenvalue weighted by Gasteiger charge is 2.34. The van der Waals surface area contributed by atoms with E-state index in [9.17, 15) is 9.90 Å². The molecule has 1 atom stereocenters. The first kappa shape index (κ1) is 15.8. The van der Waals surface area contributed by atoms with E-state index in [0.29, 0.717) is 6.42 Å². The maximum atomic E-state index is 12.4. The molecule has 1 aliphatic carbocycles. The van der Waals surface area contributed by atoms with Gasteiger partial charge in [0.2, 0.25) is 5.91 Å². The standard InChI is InChI=1S/C20H21N3O2/c24-18(11-15-12-22-19-16(15)7-4-10-21-19)23-13-20(25)9-3-6-14-5-1-2-8-17(14)20/h1-2,4-5,7-8,10,12,25H,3,6,9,11,13H2,(H,21,22)(H,23,24). The third kappa shape index (κ3) is 3.03. The molecule has 1 amide bonds. The molecule has 128 valence electrons. The average Bonchev–Trinajstić information content (AvgIpc) is 3.04. The van der Waals surface area contributed by atoms with Crippen molar-refractivity contribution in [1.29, 1.82) is 0 Å². The Kier molecular flexibility index (Phi) is 4.01. The van der Waals surface area contributed by atoms with E-state index in [1.807, 2.05) is 36.5 Å². The number of benzene rings is 1. The number of aryl methyl sites for hydroxylation is 1. The molecule has 5 heteroatoms. The number of pyridine rings is 1. The summed E-state index contributed by atoms with van der Waals surface area (Å²) >= 11 is 0. The van der Waals surface area contributed by atoms with Crippen molar-refractivity contribution in [3.63, 3.8) is 0 Å². The molecule has 0 radical (unpaired) electrons. The van der Waals surface area contributed by atoms with Crippen LogP contribution in [-0.2, 0) is 23.2 Å². The smallest absolute Gasteiger partial charge is 0.224 e. The van der Waals surface area contributed by atoms with Gasteiger partial charge in [-0.2, -0.15) is 0 Å². The van der Waals surface area contributed by atoms with E-state index in [4.69, 9.17) is 0 Å². The van der Waals surface area contributed by atoms with Gasteiger partial charge in [0.25, 0.3) is 0 Å². The van der Waals surface area contributed by atoms with Gasteiger partial charge in [0, 0.05) is 17.8 Å². The van der Waals surface area contributed by atoms with Crippen LogP contribution < -0.4 is 5.32 Å². The Balaban J connectivity index is 1.46. The second-order valence-corrected chi connectivity index (χ2v) is 6.71. The van der Waals surface area contributed by atoms with Crippen molar-refractivity contribution in [2.45, 2.75) is 31.3 Å². The molecule has 0 saturated carbocycles. The maximum Gasteiger partial charge on any atom is 0.224 e. The zero-order chi connectivity index (χ0) is 17.3. The third-order valence-corrected chi connectivity index (χ3v) is 5.02. The van der Waals surface area contributed by atoms with Crippen LogP contribution in [0.1, 0.15) is 29.5 Å². The van der Waals surface area contributed by atoms with Crippen molar-refractivity contribution in [3.8, 4) is 0 Å². The first-order chi connectivity index (χ1) is 12.2. The van der Waals surface area contributed by atoms with Gasteiger partial charge in [0.15, 0.2) is 0 Å². The zero-order valence-corrected chi connectivity index (χ0v) is 14.0. The Hall–Kier alpha value is -2.66. The Morgan fingerprint density at radius 3 is 3.08 bits per heavy atom. The summed E-state index contributed by atoms with van der Waals surface area (Å²) in [6, 6.07) is 11.8. The highest BCUT2D eigenvalue weighted by molar-refractivity contribution is 5.87. The summed E-state index contributed by atoms with van der Waals surface area (Å²) in [5.74, 6) is -0.0961. The van der Waals surface area contributed by atoms with Gasteiger partial charge < -0.3 is 15.4 Å². The molecule has 0 aliphatic heterocycles. The predicted octanol–water partition coefficient (Wildman–Crippen LogP) is 2.45. The van der Waals surface area contributed by atoms with Crippen LogP contribution in [0.15, 0.2) is 48.8 Å². The molecule has 5 nitrogen and oxygen atoms in total. The number of aromatic amines is 1. The van der Waals surface area contributed by atoms with Crippen LogP contribution >= 0.6 is 0 Å². The minimum Gasteiger partial charge on any atom is -0.383 e. The van der Waals surface area contributed by atoms with Gasteiger partial charge in [-0.05, 0) is 48.1 Å². The number of fused-ring (bicyclic) bond motifs is 2. The molecule has 0 fully saturated rings. The molecule has 3 N–H and O–H groups in total. The monoisotopic (exact) mass is 335 g/mol. The molecule has 0 saturated heterocycles. The number of nitrogens with one attached hydrogen (secondary N) is 2. The lowest BCUT2D eigenvalue weighted by atomic mass is 9.79. The summed E-state index contributed by atoms with van der Waals surface area (Å²) in [7, 11) is 0.